The Morgan fingerprint density at radius 1 is 0.606 bits per heavy atom. The molecule has 5 rings (SSSR count). The van der Waals surface area contributed by atoms with Crippen molar-refractivity contribution in [3.8, 4) is 0 Å². The number of hydrogen-bond acceptors (Lipinski definition) is 4. The summed E-state index contributed by atoms with van der Waals surface area (Å²) in [5, 5.41) is 0. The molecular weight excluding hydrogens is 416 g/mol. The summed E-state index contributed by atoms with van der Waals surface area (Å²) < 4.78 is 0. The van der Waals surface area contributed by atoms with E-state index in [1.165, 1.54) is 23.1 Å². The van der Waals surface area contributed by atoms with Gasteiger partial charge in [0.05, 0.1) is 27.3 Å². The molecule has 4 atom stereocenters. The van der Waals surface area contributed by atoms with Gasteiger partial charge < -0.3 is 0 Å². The quantitative estimate of drug-likeness (QED) is 0.679. The van der Waals surface area contributed by atoms with Crippen molar-refractivity contribution in [3.05, 3.63) is 65.2 Å². The molecule has 1 aliphatic carbocycles. The standard InChI is InChI=1S/C27H28N2O4/c1-16-7-9-17(10-8-16)15-18-11-13-19(14-12-18)29-22(32)26(4)24(2)20(30)28(6)21(31)25(24,3)27(26,5)23(29)33/h7-14H,15H2,1-6H3. The molecule has 4 amide bonds. The van der Waals surface area contributed by atoms with E-state index >= 15 is 0 Å². The molecule has 3 aliphatic rings. The zero-order chi connectivity index (χ0) is 24.1. The number of carbonyl (C=O) groups is 4. The summed E-state index contributed by atoms with van der Waals surface area (Å²) in [7, 11) is 1.43. The molecule has 2 heterocycles. The summed E-state index contributed by atoms with van der Waals surface area (Å²) in [6, 6.07) is 15.7. The Morgan fingerprint density at radius 3 is 1.39 bits per heavy atom. The zero-order valence-corrected chi connectivity index (χ0v) is 19.9. The van der Waals surface area contributed by atoms with Crippen LogP contribution < -0.4 is 4.90 Å². The summed E-state index contributed by atoms with van der Waals surface area (Å²) in [6.07, 6.45) is 0.739. The smallest absolute Gasteiger partial charge is 0.241 e. The minimum Gasteiger partial charge on any atom is -0.285 e. The summed E-state index contributed by atoms with van der Waals surface area (Å²) in [6.45, 7) is 8.72. The molecule has 0 aromatic heterocycles. The molecule has 0 radical (unpaired) electrons. The number of benzene rings is 2. The van der Waals surface area contributed by atoms with Crippen molar-refractivity contribution in [2.24, 2.45) is 21.7 Å². The average Bonchev–Trinajstić information content (AvgIpc) is 3.03. The Labute approximate surface area is 193 Å². The molecule has 6 nitrogen and oxygen atoms in total. The first kappa shape index (κ1) is 21.6. The second-order valence-corrected chi connectivity index (χ2v) is 10.4. The van der Waals surface area contributed by atoms with Gasteiger partial charge in [-0.1, -0.05) is 42.0 Å². The van der Waals surface area contributed by atoms with Crippen molar-refractivity contribution in [2.45, 2.75) is 41.0 Å². The maximum absolute atomic E-state index is 13.8. The zero-order valence-electron chi connectivity index (χ0n) is 19.9. The number of rotatable bonds is 3. The third kappa shape index (κ3) is 2.02. The SMILES string of the molecule is Cc1ccc(Cc2ccc(N3C(=O)C4(C)C5(C)C(=O)N(C)C(=O)C5(C)C4(C)C3=O)cc2)cc1. The molecule has 4 unspecified atom stereocenters. The van der Waals surface area contributed by atoms with Crippen LogP contribution in [-0.2, 0) is 25.6 Å². The fourth-order valence-corrected chi connectivity index (χ4v) is 6.89. The number of nitrogens with zero attached hydrogens (tertiary/aromatic N) is 2. The maximum atomic E-state index is 13.8. The molecule has 33 heavy (non-hydrogen) atoms. The highest BCUT2D eigenvalue weighted by Gasteiger charge is 2.96. The summed E-state index contributed by atoms with van der Waals surface area (Å²) >= 11 is 0. The monoisotopic (exact) mass is 444 g/mol. The van der Waals surface area contributed by atoms with E-state index in [1.54, 1.807) is 39.8 Å². The molecule has 2 aromatic carbocycles. The van der Waals surface area contributed by atoms with Gasteiger partial charge in [-0.3, -0.25) is 24.1 Å². The third-order valence-electron chi connectivity index (χ3n) is 9.45. The van der Waals surface area contributed by atoms with Crippen molar-refractivity contribution in [1.82, 2.24) is 4.90 Å². The minimum absolute atomic E-state index is 0.397. The Bertz CT molecular complexity index is 1200. The largest absolute Gasteiger partial charge is 0.285 e. The number of imide groups is 2. The van der Waals surface area contributed by atoms with E-state index in [4.69, 9.17) is 0 Å². The van der Waals surface area contributed by atoms with E-state index in [0.29, 0.717) is 5.69 Å². The highest BCUT2D eigenvalue weighted by molar-refractivity contribution is 6.32. The fourth-order valence-electron chi connectivity index (χ4n) is 6.89. The molecule has 2 aromatic rings. The van der Waals surface area contributed by atoms with E-state index < -0.39 is 45.3 Å². The molecular formula is C27H28N2O4. The topological polar surface area (TPSA) is 74.8 Å². The molecule has 1 saturated carbocycles. The van der Waals surface area contributed by atoms with Gasteiger partial charge in [0.2, 0.25) is 23.6 Å². The molecule has 3 fully saturated rings. The van der Waals surface area contributed by atoms with Gasteiger partial charge in [-0.2, -0.15) is 0 Å². The first-order chi connectivity index (χ1) is 15.4. The van der Waals surface area contributed by atoms with Gasteiger partial charge in [0, 0.05) is 7.05 Å². The number of likely N-dealkylation sites (tertiary alicyclic amines) is 1. The van der Waals surface area contributed by atoms with Crippen LogP contribution in [0, 0.1) is 28.6 Å². The predicted molar refractivity (Wildman–Crippen MR) is 123 cm³/mol. The first-order valence-corrected chi connectivity index (χ1v) is 11.2. The van der Waals surface area contributed by atoms with Crippen molar-refractivity contribution < 1.29 is 19.2 Å². The molecule has 0 N–H and O–H groups in total. The van der Waals surface area contributed by atoms with Gasteiger partial charge >= 0.3 is 0 Å². The highest BCUT2D eigenvalue weighted by atomic mass is 16.2. The van der Waals surface area contributed by atoms with Crippen LogP contribution in [0.5, 0.6) is 0 Å². The minimum atomic E-state index is -1.30. The number of aryl methyl sites for hydroxylation is 1. The Morgan fingerprint density at radius 2 is 0.970 bits per heavy atom. The van der Waals surface area contributed by atoms with Gasteiger partial charge in [-0.05, 0) is 64.3 Å². The second kappa shape index (κ2) is 6.19. The number of fused-ring (bicyclic) bond motifs is 4. The molecule has 2 saturated heterocycles. The predicted octanol–water partition coefficient (Wildman–Crippen LogP) is 3.50. The molecule has 0 bridgehead atoms. The van der Waals surface area contributed by atoms with Crippen molar-refractivity contribution in [2.75, 3.05) is 11.9 Å². The van der Waals surface area contributed by atoms with Gasteiger partial charge in [0.15, 0.2) is 0 Å². The van der Waals surface area contributed by atoms with Gasteiger partial charge in [0.25, 0.3) is 0 Å². The summed E-state index contributed by atoms with van der Waals surface area (Å²) in [5.74, 6) is -1.63. The Kier molecular flexibility index (Phi) is 4.04. The Balaban J connectivity index is 1.52. The summed E-state index contributed by atoms with van der Waals surface area (Å²) in [4.78, 5) is 56.1. The van der Waals surface area contributed by atoms with Crippen LogP contribution in [0.4, 0.5) is 5.69 Å². The number of hydrogen-bond donors (Lipinski definition) is 0. The lowest BCUT2D eigenvalue weighted by Gasteiger charge is -2.67. The molecule has 6 heteroatoms. The first-order valence-electron chi connectivity index (χ1n) is 11.2. The average molecular weight is 445 g/mol. The number of amides is 4. The van der Waals surface area contributed by atoms with Gasteiger partial charge in [-0.25, -0.2) is 4.90 Å². The molecule has 2 aliphatic heterocycles. The molecule has 170 valence electrons. The maximum Gasteiger partial charge on any atom is 0.241 e. The second-order valence-electron chi connectivity index (χ2n) is 10.4. The van der Waals surface area contributed by atoms with Crippen molar-refractivity contribution >= 4 is 29.3 Å². The fraction of sp³-hybridized carbons (Fsp3) is 0.407. The van der Waals surface area contributed by atoms with Crippen molar-refractivity contribution in [1.29, 1.82) is 0 Å². The molecule has 0 spiro atoms. The van der Waals surface area contributed by atoms with Crippen LogP contribution in [0.1, 0.15) is 44.4 Å². The van der Waals surface area contributed by atoms with E-state index in [2.05, 4.69) is 24.3 Å². The van der Waals surface area contributed by atoms with E-state index in [9.17, 15) is 19.2 Å². The van der Waals surface area contributed by atoms with E-state index in [0.717, 1.165) is 16.9 Å². The van der Waals surface area contributed by atoms with Crippen LogP contribution in [-0.4, -0.2) is 35.6 Å². The van der Waals surface area contributed by atoms with Crippen LogP contribution in [0.25, 0.3) is 0 Å². The third-order valence-corrected chi connectivity index (χ3v) is 9.45. The lowest BCUT2D eigenvalue weighted by atomic mass is 9.27. The van der Waals surface area contributed by atoms with Crippen LogP contribution in [0.15, 0.2) is 48.5 Å². The van der Waals surface area contributed by atoms with Crippen LogP contribution in [0.3, 0.4) is 0 Å². The number of carbonyl (C=O) groups excluding carboxylic acids is 4. The van der Waals surface area contributed by atoms with Crippen LogP contribution in [0.2, 0.25) is 0 Å². The lowest BCUT2D eigenvalue weighted by Crippen LogP contribution is -2.77. The van der Waals surface area contributed by atoms with Crippen molar-refractivity contribution in [3.63, 3.8) is 0 Å². The number of anilines is 1. The summed E-state index contributed by atoms with van der Waals surface area (Å²) in [5.41, 5.74) is -1.24. The van der Waals surface area contributed by atoms with Crippen LogP contribution >= 0.6 is 0 Å². The Hall–Kier alpha value is -3.28. The highest BCUT2D eigenvalue weighted by Crippen LogP contribution is 2.84. The van der Waals surface area contributed by atoms with Gasteiger partial charge in [-0.15, -0.1) is 0 Å². The normalized spacial score (nSPS) is 35.1. The van der Waals surface area contributed by atoms with Gasteiger partial charge in [0.1, 0.15) is 0 Å². The van der Waals surface area contributed by atoms with E-state index in [-0.39, 0.29) is 0 Å². The lowest BCUT2D eigenvalue weighted by molar-refractivity contribution is -0.243. The van der Waals surface area contributed by atoms with E-state index in [1.807, 2.05) is 19.1 Å².